The predicted octanol–water partition coefficient (Wildman–Crippen LogP) is 0.799. The minimum Gasteiger partial charge on any atom is -0.337 e. The van der Waals surface area contributed by atoms with Gasteiger partial charge in [-0.25, -0.2) is 13.8 Å². The molecule has 1 aromatic heterocycles. The molecule has 0 aromatic carbocycles. The Hall–Kier alpha value is -1.01. The van der Waals surface area contributed by atoms with Crippen LogP contribution in [0.15, 0.2) is 18.7 Å². The highest BCUT2D eigenvalue weighted by molar-refractivity contribution is 4.74. The number of hydrogen-bond acceptors (Lipinski definition) is 3. The Morgan fingerprint density at radius 2 is 2.19 bits per heavy atom. The lowest BCUT2D eigenvalue weighted by Gasteiger charge is -2.20. The molecule has 1 rings (SSSR count). The molecule has 92 valence electrons. The number of rotatable bonds is 8. The van der Waals surface area contributed by atoms with Gasteiger partial charge >= 0.3 is 0 Å². The van der Waals surface area contributed by atoms with Crippen molar-refractivity contribution in [2.24, 2.45) is 5.73 Å². The molecule has 0 radical (unpaired) electrons. The minimum absolute atomic E-state index is 0.193. The van der Waals surface area contributed by atoms with Crippen LogP contribution in [0.4, 0.5) is 8.78 Å². The van der Waals surface area contributed by atoms with Crippen LogP contribution < -0.4 is 5.73 Å². The molecular weight excluding hydrogens is 214 g/mol. The van der Waals surface area contributed by atoms with Gasteiger partial charge in [0.1, 0.15) is 0 Å². The standard InChI is InChI=1S/C10H18F2N4/c11-10(12)8-15(6-2-13)4-1-5-16-7-3-14-9-16/h3,7,9-10H,1-2,4-6,8,13H2. The first-order chi connectivity index (χ1) is 7.72. The third kappa shape index (κ3) is 5.18. The molecule has 0 fully saturated rings. The summed E-state index contributed by atoms with van der Waals surface area (Å²) >= 11 is 0. The molecule has 1 aromatic rings. The van der Waals surface area contributed by atoms with Gasteiger partial charge in [0.15, 0.2) is 0 Å². The number of nitrogens with two attached hydrogens (primary N) is 1. The summed E-state index contributed by atoms with van der Waals surface area (Å²) < 4.78 is 26.4. The lowest BCUT2D eigenvalue weighted by atomic mass is 10.3. The second kappa shape index (κ2) is 7.29. The Morgan fingerprint density at radius 3 is 2.75 bits per heavy atom. The first-order valence-electron chi connectivity index (χ1n) is 5.38. The Morgan fingerprint density at radius 1 is 1.38 bits per heavy atom. The normalized spacial score (nSPS) is 11.6. The monoisotopic (exact) mass is 232 g/mol. The van der Waals surface area contributed by atoms with Crippen molar-refractivity contribution in [2.75, 3.05) is 26.2 Å². The van der Waals surface area contributed by atoms with Gasteiger partial charge in [-0.15, -0.1) is 0 Å². The van der Waals surface area contributed by atoms with E-state index in [1.54, 1.807) is 17.4 Å². The zero-order chi connectivity index (χ0) is 11.8. The van der Waals surface area contributed by atoms with Crippen LogP contribution in [0.2, 0.25) is 0 Å². The van der Waals surface area contributed by atoms with E-state index in [2.05, 4.69) is 4.98 Å². The molecule has 0 atom stereocenters. The van der Waals surface area contributed by atoms with Crippen LogP contribution in [0.5, 0.6) is 0 Å². The van der Waals surface area contributed by atoms with Gasteiger partial charge in [0.25, 0.3) is 6.43 Å². The first-order valence-corrected chi connectivity index (χ1v) is 5.38. The van der Waals surface area contributed by atoms with E-state index in [9.17, 15) is 8.78 Å². The van der Waals surface area contributed by atoms with Crippen LogP contribution in [0.25, 0.3) is 0 Å². The van der Waals surface area contributed by atoms with E-state index >= 15 is 0 Å². The van der Waals surface area contributed by atoms with Crippen LogP contribution in [-0.4, -0.2) is 47.1 Å². The maximum atomic E-state index is 12.2. The Bertz CT molecular complexity index is 264. The SMILES string of the molecule is NCCN(CCCn1ccnc1)CC(F)F. The molecule has 0 aliphatic heterocycles. The van der Waals surface area contributed by atoms with Gasteiger partial charge in [0, 0.05) is 38.6 Å². The number of alkyl halides is 2. The fourth-order valence-electron chi connectivity index (χ4n) is 1.57. The van der Waals surface area contributed by atoms with Crippen molar-refractivity contribution in [3.05, 3.63) is 18.7 Å². The topological polar surface area (TPSA) is 47.1 Å². The summed E-state index contributed by atoms with van der Waals surface area (Å²) in [6.07, 6.45) is 3.82. The zero-order valence-corrected chi connectivity index (χ0v) is 9.23. The van der Waals surface area contributed by atoms with Crippen LogP contribution in [-0.2, 0) is 6.54 Å². The lowest BCUT2D eigenvalue weighted by molar-refractivity contribution is 0.0884. The average molecular weight is 232 g/mol. The smallest absolute Gasteiger partial charge is 0.251 e. The summed E-state index contributed by atoms with van der Waals surface area (Å²) in [4.78, 5) is 5.61. The number of nitrogens with zero attached hydrogens (tertiary/aromatic N) is 3. The van der Waals surface area contributed by atoms with E-state index in [4.69, 9.17) is 5.73 Å². The highest BCUT2D eigenvalue weighted by atomic mass is 19.3. The van der Waals surface area contributed by atoms with Gasteiger partial charge in [-0.1, -0.05) is 0 Å². The van der Waals surface area contributed by atoms with Crippen molar-refractivity contribution in [2.45, 2.75) is 19.4 Å². The Balaban J connectivity index is 2.21. The molecule has 0 aliphatic carbocycles. The molecule has 0 aliphatic rings. The summed E-state index contributed by atoms with van der Waals surface area (Å²) in [5, 5.41) is 0. The molecule has 16 heavy (non-hydrogen) atoms. The minimum atomic E-state index is -2.29. The predicted molar refractivity (Wildman–Crippen MR) is 58.3 cm³/mol. The van der Waals surface area contributed by atoms with Crippen molar-refractivity contribution >= 4 is 0 Å². The highest BCUT2D eigenvalue weighted by Gasteiger charge is 2.10. The van der Waals surface area contributed by atoms with Crippen molar-refractivity contribution in [1.29, 1.82) is 0 Å². The molecule has 1 heterocycles. The molecule has 0 saturated carbocycles. The fourth-order valence-corrected chi connectivity index (χ4v) is 1.57. The summed E-state index contributed by atoms with van der Waals surface area (Å²) in [5.41, 5.74) is 5.37. The van der Waals surface area contributed by atoms with Crippen LogP contribution >= 0.6 is 0 Å². The van der Waals surface area contributed by atoms with Crippen LogP contribution in [0.1, 0.15) is 6.42 Å². The number of halogens is 2. The van der Waals surface area contributed by atoms with Gasteiger partial charge in [-0.05, 0) is 6.42 Å². The number of aromatic nitrogens is 2. The maximum Gasteiger partial charge on any atom is 0.251 e. The van der Waals surface area contributed by atoms with E-state index in [1.165, 1.54) is 0 Å². The third-order valence-electron chi connectivity index (χ3n) is 2.29. The zero-order valence-electron chi connectivity index (χ0n) is 9.23. The van der Waals surface area contributed by atoms with E-state index < -0.39 is 6.43 Å². The first kappa shape index (κ1) is 13.1. The summed E-state index contributed by atoms with van der Waals surface area (Å²) in [6, 6.07) is 0. The van der Waals surface area contributed by atoms with Crippen molar-refractivity contribution in [3.8, 4) is 0 Å². The van der Waals surface area contributed by atoms with E-state index in [1.807, 2.05) is 10.8 Å². The molecule has 4 nitrogen and oxygen atoms in total. The Kier molecular flexibility index (Phi) is 5.95. The summed E-state index contributed by atoms with van der Waals surface area (Å²) in [6.45, 7) is 2.18. The molecule has 0 bridgehead atoms. The number of aryl methyl sites for hydroxylation is 1. The van der Waals surface area contributed by atoms with Gasteiger partial charge in [0.05, 0.1) is 12.9 Å². The second-order valence-electron chi connectivity index (χ2n) is 3.63. The largest absolute Gasteiger partial charge is 0.337 e. The number of hydrogen-bond donors (Lipinski definition) is 1. The molecular formula is C10H18F2N4. The Labute approximate surface area is 94.1 Å². The van der Waals surface area contributed by atoms with E-state index in [-0.39, 0.29) is 6.54 Å². The molecule has 0 amide bonds. The highest BCUT2D eigenvalue weighted by Crippen LogP contribution is 2.00. The van der Waals surface area contributed by atoms with E-state index in [0.717, 1.165) is 13.0 Å². The average Bonchev–Trinajstić information content (AvgIpc) is 2.70. The van der Waals surface area contributed by atoms with Crippen molar-refractivity contribution in [1.82, 2.24) is 14.5 Å². The molecule has 0 spiro atoms. The van der Waals surface area contributed by atoms with E-state index in [0.29, 0.717) is 19.6 Å². The molecule has 6 heteroatoms. The van der Waals surface area contributed by atoms with Gasteiger partial charge < -0.3 is 10.3 Å². The molecule has 2 N–H and O–H groups in total. The van der Waals surface area contributed by atoms with Crippen molar-refractivity contribution < 1.29 is 8.78 Å². The third-order valence-corrected chi connectivity index (χ3v) is 2.29. The quantitative estimate of drug-likeness (QED) is 0.721. The molecule has 0 saturated heterocycles. The summed E-state index contributed by atoms with van der Waals surface area (Å²) in [5.74, 6) is 0. The second-order valence-corrected chi connectivity index (χ2v) is 3.63. The molecule has 0 unspecified atom stereocenters. The lowest BCUT2D eigenvalue weighted by Crippen LogP contribution is -2.34. The van der Waals surface area contributed by atoms with Crippen LogP contribution in [0, 0.1) is 0 Å². The van der Waals surface area contributed by atoms with Gasteiger partial charge in [0.2, 0.25) is 0 Å². The van der Waals surface area contributed by atoms with Crippen molar-refractivity contribution in [3.63, 3.8) is 0 Å². The van der Waals surface area contributed by atoms with Crippen LogP contribution in [0.3, 0.4) is 0 Å². The maximum absolute atomic E-state index is 12.2. The fraction of sp³-hybridized carbons (Fsp3) is 0.700. The van der Waals surface area contributed by atoms with Gasteiger partial charge in [-0.2, -0.15) is 0 Å². The number of imidazole rings is 1. The summed E-state index contributed by atoms with van der Waals surface area (Å²) in [7, 11) is 0. The van der Waals surface area contributed by atoms with Gasteiger partial charge in [-0.3, -0.25) is 4.90 Å².